The molecule has 0 N–H and O–H groups in total. The van der Waals surface area contributed by atoms with E-state index in [0.29, 0.717) is 0 Å². The molecule has 0 saturated heterocycles. The maximum atomic E-state index is 3.50. The summed E-state index contributed by atoms with van der Waals surface area (Å²) in [4.78, 5) is 0. The Bertz CT molecular complexity index is 178. The van der Waals surface area contributed by atoms with Gasteiger partial charge in [0.05, 0.1) is 0 Å². The van der Waals surface area contributed by atoms with Gasteiger partial charge in [-0.2, -0.15) is 0 Å². The van der Waals surface area contributed by atoms with Crippen LogP contribution in [0.1, 0.15) is 33.6 Å². The lowest BCUT2D eigenvalue weighted by Crippen LogP contribution is -1.87. The maximum Gasteiger partial charge on any atom is -0.00164 e. The van der Waals surface area contributed by atoms with Crippen molar-refractivity contribution in [3.8, 4) is 0 Å². The minimum absolute atomic E-state index is 1.14. The Balaban J connectivity index is 0.000000461. The molecule has 0 amide bonds. The highest BCUT2D eigenvalue weighted by atomic mass is 79.9. The van der Waals surface area contributed by atoms with Crippen molar-refractivity contribution in [1.82, 2.24) is 0 Å². The second-order valence-electron chi connectivity index (χ2n) is 2.18. The Morgan fingerprint density at radius 1 is 1.18 bits per heavy atom. The van der Waals surface area contributed by atoms with Crippen molar-refractivity contribution < 1.29 is 0 Å². The highest BCUT2D eigenvalue weighted by Crippen LogP contribution is 2.29. The summed E-state index contributed by atoms with van der Waals surface area (Å²) in [5.41, 5.74) is 1.34. The average Bonchev–Trinajstić information content (AvgIpc) is 2.02. The zero-order valence-corrected chi connectivity index (χ0v) is 10.4. The molecule has 0 saturated carbocycles. The number of rotatable bonds is 0. The zero-order chi connectivity index (χ0) is 8.85. The van der Waals surface area contributed by atoms with E-state index in [-0.39, 0.29) is 0 Å². The Labute approximate surface area is 86.0 Å². The lowest BCUT2D eigenvalue weighted by molar-refractivity contribution is 0.994. The molecular weight excluding hydrogens is 268 g/mol. The molecule has 0 radical (unpaired) electrons. The highest BCUT2D eigenvalue weighted by Gasteiger charge is 2.04. The number of halogens is 2. The van der Waals surface area contributed by atoms with Crippen LogP contribution in [0, 0.1) is 0 Å². The lowest BCUT2D eigenvalue weighted by atomic mass is 10.1. The van der Waals surface area contributed by atoms with Crippen LogP contribution in [0.4, 0.5) is 0 Å². The second-order valence-corrected chi connectivity index (χ2v) is 4.15. The third kappa shape index (κ3) is 4.12. The van der Waals surface area contributed by atoms with Gasteiger partial charge in [0.1, 0.15) is 0 Å². The molecule has 1 aliphatic carbocycles. The van der Waals surface area contributed by atoms with Crippen molar-refractivity contribution in [1.29, 1.82) is 0 Å². The summed E-state index contributed by atoms with van der Waals surface area (Å²) in [6.07, 6.45) is 4.44. The highest BCUT2D eigenvalue weighted by molar-refractivity contribution is 9.12. The van der Waals surface area contributed by atoms with Crippen LogP contribution in [0.5, 0.6) is 0 Å². The van der Waals surface area contributed by atoms with E-state index in [1.807, 2.05) is 13.8 Å². The molecule has 1 rings (SSSR count). The van der Waals surface area contributed by atoms with Gasteiger partial charge in [0.25, 0.3) is 0 Å². The minimum atomic E-state index is 1.14. The predicted octanol–water partition coefficient (Wildman–Crippen LogP) is 4.75. The van der Waals surface area contributed by atoms with Crippen LogP contribution in [0.25, 0.3) is 0 Å². The number of hydrogen-bond donors (Lipinski definition) is 0. The van der Waals surface area contributed by atoms with Crippen molar-refractivity contribution in [3.63, 3.8) is 0 Å². The van der Waals surface area contributed by atoms with Gasteiger partial charge in [-0.3, -0.25) is 0 Å². The van der Waals surface area contributed by atoms with Crippen molar-refractivity contribution in [2.75, 3.05) is 0 Å². The first-order chi connectivity index (χ1) is 5.20. The van der Waals surface area contributed by atoms with Gasteiger partial charge in [-0.05, 0) is 40.4 Å². The molecule has 11 heavy (non-hydrogen) atoms. The Morgan fingerprint density at radius 2 is 1.73 bits per heavy atom. The van der Waals surface area contributed by atoms with Gasteiger partial charge in [-0.1, -0.05) is 45.7 Å². The molecule has 0 spiro atoms. The van der Waals surface area contributed by atoms with Gasteiger partial charge in [0, 0.05) is 0 Å². The second kappa shape index (κ2) is 6.01. The zero-order valence-electron chi connectivity index (χ0n) is 7.25. The van der Waals surface area contributed by atoms with Gasteiger partial charge < -0.3 is 0 Å². The van der Waals surface area contributed by atoms with Gasteiger partial charge in [0.15, 0.2) is 0 Å². The smallest absolute Gasteiger partial charge is 0.00164 e. The van der Waals surface area contributed by atoms with E-state index in [0.717, 1.165) is 12.8 Å². The van der Waals surface area contributed by atoms with Gasteiger partial charge >= 0.3 is 0 Å². The first-order valence-corrected chi connectivity index (χ1v) is 5.50. The van der Waals surface area contributed by atoms with Crippen molar-refractivity contribution in [2.45, 2.75) is 33.6 Å². The molecule has 0 aromatic rings. The van der Waals surface area contributed by atoms with Crippen LogP contribution in [-0.4, -0.2) is 0 Å². The first kappa shape index (κ1) is 11.4. The summed E-state index contributed by atoms with van der Waals surface area (Å²) >= 11 is 6.96. The summed E-state index contributed by atoms with van der Waals surface area (Å²) < 4.78 is 2.65. The first-order valence-electron chi connectivity index (χ1n) is 3.91. The van der Waals surface area contributed by atoms with Crippen molar-refractivity contribution >= 4 is 31.9 Å². The van der Waals surface area contributed by atoms with Crippen molar-refractivity contribution in [3.05, 3.63) is 20.6 Å². The van der Waals surface area contributed by atoms with E-state index in [2.05, 4.69) is 44.9 Å². The standard InChI is InChI=1S/C7H8Br2.C2H6/c1-5-4-6(8)2-3-7(5)9;1-2/h4H,2-3H2,1H3;1-2H3. The molecule has 0 aromatic carbocycles. The molecule has 2 heteroatoms. The summed E-state index contributed by atoms with van der Waals surface area (Å²) in [6, 6.07) is 0. The lowest BCUT2D eigenvalue weighted by Gasteiger charge is -2.08. The molecule has 0 aromatic heterocycles. The van der Waals surface area contributed by atoms with Gasteiger partial charge in [-0.25, -0.2) is 0 Å². The van der Waals surface area contributed by atoms with E-state index in [1.54, 1.807) is 0 Å². The Morgan fingerprint density at radius 3 is 2.09 bits per heavy atom. The Hall–Kier alpha value is 0.440. The fraction of sp³-hybridized carbons (Fsp3) is 0.556. The van der Waals surface area contributed by atoms with Crippen LogP contribution in [0.2, 0.25) is 0 Å². The minimum Gasteiger partial charge on any atom is -0.0683 e. The predicted molar refractivity (Wildman–Crippen MR) is 59.2 cm³/mol. The summed E-state index contributed by atoms with van der Waals surface area (Å²) in [7, 11) is 0. The van der Waals surface area contributed by atoms with E-state index < -0.39 is 0 Å². The average molecular weight is 282 g/mol. The third-order valence-corrected chi connectivity index (χ3v) is 3.03. The number of allylic oxidation sites excluding steroid dienone is 4. The molecular formula is C9H14Br2. The molecule has 0 fully saturated rings. The van der Waals surface area contributed by atoms with Crippen molar-refractivity contribution in [2.24, 2.45) is 0 Å². The Kier molecular flexibility index (Phi) is 6.25. The molecule has 0 atom stereocenters. The summed E-state index contributed by atoms with van der Waals surface area (Å²) in [5.74, 6) is 0. The van der Waals surface area contributed by atoms with Crippen LogP contribution < -0.4 is 0 Å². The maximum absolute atomic E-state index is 3.50. The fourth-order valence-electron chi connectivity index (χ4n) is 0.812. The quantitative estimate of drug-likeness (QED) is 0.601. The molecule has 0 heterocycles. The fourth-order valence-corrected chi connectivity index (χ4v) is 1.67. The molecule has 0 nitrogen and oxygen atoms in total. The summed E-state index contributed by atoms with van der Waals surface area (Å²) in [5, 5.41) is 0. The third-order valence-electron chi connectivity index (χ3n) is 1.38. The van der Waals surface area contributed by atoms with Crippen LogP contribution in [-0.2, 0) is 0 Å². The molecule has 0 unspecified atom stereocenters. The van der Waals surface area contributed by atoms with Crippen LogP contribution in [0.3, 0.4) is 0 Å². The molecule has 0 bridgehead atoms. The monoisotopic (exact) mass is 280 g/mol. The SMILES string of the molecule is CC.CC1=C(Br)CCC(Br)=C1. The van der Waals surface area contributed by atoms with Crippen LogP contribution >= 0.6 is 31.9 Å². The van der Waals surface area contributed by atoms with E-state index in [1.165, 1.54) is 14.5 Å². The normalized spacial score (nSPS) is 17.0. The van der Waals surface area contributed by atoms with E-state index in [4.69, 9.17) is 0 Å². The van der Waals surface area contributed by atoms with Gasteiger partial charge in [0.2, 0.25) is 0 Å². The number of hydrogen-bond acceptors (Lipinski definition) is 0. The largest absolute Gasteiger partial charge is 0.0683 e. The van der Waals surface area contributed by atoms with Gasteiger partial charge in [-0.15, -0.1) is 0 Å². The van der Waals surface area contributed by atoms with E-state index in [9.17, 15) is 0 Å². The van der Waals surface area contributed by atoms with Crippen LogP contribution in [0.15, 0.2) is 20.6 Å². The molecule has 1 aliphatic rings. The van der Waals surface area contributed by atoms with E-state index >= 15 is 0 Å². The molecule has 64 valence electrons. The topological polar surface area (TPSA) is 0 Å². The summed E-state index contributed by atoms with van der Waals surface area (Å²) in [6.45, 7) is 6.12. The molecule has 0 aliphatic heterocycles.